The van der Waals surface area contributed by atoms with Crippen LogP contribution >= 0.6 is 0 Å². The first-order valence-electron chi connectivity index (χ1n) is 13.7. The van der Waals surface area contributed by atoms with Gasteiger partial charge in [0.25, 0.3) is 0 Å². The van der Waals surface area contributed by atoms with Crippen molar-refractivity contribution in [1.82, 2.24) is 5.32 Å². The van der Waals surface area contributed by atoms with E-state index in [0.717, 1.165) is 19.3 Å². The van der Waals surface area contributed by atoms with Crippen molar-refractivity contribution in [2.75, 3.05) is 26.4 Å². The van der Waals surface area contributed by atoms with E-state index in [1.165, 1.54) is 32.1 Å². The molecule has 3 aliphatic heterocycles. The molecule has 3 rings (SSSR count). The minimum absolute atomic E-state index is 0.0321. The lowest BCUT2D eigenvalue weighted by Gasteiger charge is -2.43. The number of hydrogen-bond acceptors (Lipinski definition) is 11. The topological polar surface area (TPSA) is 180 Å². The minimum Gasteiger partial charge on any atom is -0.394 e. The van der Waals surface area contributed by atoms with Gasteiger partial charge in [-0.25, -0.2) is 0 Å². The van der Waals surface area contributed by atoms with Crippen LogP contribution < -0.4 is 5.32 Å². The van der Waals surface area contributed by atoms with E-state index in [0.29, 0.717) is 6.42 Å². The van der Waals surface area contributed by atoms with Gasteiger partial charge in [-0.3, -0.25) is 4.79 Å². The summed E-state index contributed by atoms with van der Waals surface area (Å²) in [6.07, 6.45) is -1.01. The van der Waals surface area contributed by atoms with E-state index in [-0.39, 0.29) is 25.7 Å². The van der Waals surface area contributed by atoms with Crippen LogP contribution in [-0.4, -0.2) is 119 Å². The van der Waals surface area contributed by atoms with E-state index in [9.17, 15) is 30.3 Å². The average Bonchev–Trinajstić information content (AvgIpc) is 3.70. The van der Waals surface area contributed by atoms with Gasteiger partial charge < -0.3 is 54.5 Å². The molecule has 0 saturated carbocycles. The molecule has 3 fully saturated rings. The van der Waals surface area contributed by atoms with Crippen molar-refractivity contribution in [1.29, 1.82) is 0 Å². The first-order valence-corrected chi connectivity index (χ1v) is 13.7. The third kappa shape index (κ3) is 8.79. The highest BCUT2D eigenvalue weighted by Crippen LogP contribution is 2.39. The van der Waals surface area contributed by atoms with Gasteiger partial charge in [-0.15, -0.1) is 0 Å². The third-order valence-corrected chi connectivity index (χ3v) is 7.11. The number of amides is 1. The molecular weight excluding hydrogens is 490 g/mol. The maximum atomic E-state index is 12.0. The SMILES string of the molecule is CCCCCCCCCCC(=O)NCCO[C@H]1OC(CO)[C@H](O[C@@H]2OC(CO)[C@@H]3O[C@H]3C2O)[C@@H](O)C1O. The third-order valence-electron chi connectivity index (χ3n) is 7.11. The Labute approximate surface area is 218 Å². The van der Waals surface area contributed by atoms with E-state index >= 15 is 0 Å². The molecule has 3 saturated heterocycles. The first-order chi connectivity index (χ1) is 17.9. The Bertz CT molecular complexity index is 669. The van der Waals surface area contributed by atoms with Crippen LogP contribution in [0.4, 0.5) is 0 Å². The minimum atomic E-state index is -1.52. The molecular formula is C25H45NO11. The molecule has 12 heteroatoms. The summed E-state index contributed by atoms with van der Waals surface area (Å²) >= 11 is 0. The summed E-state index contributed by atoms with van der Waals surface area (Å²) in [6, 6.07) is 0. The number of hydrogen-bond donors (Lipinski definition) is 6. The van der Waals surface area contributed by atoms with Crippen molar-refractivity contribution >= 4 is 5.91 Å². The Balaban J connectivity index is 1.33. The maximum Gasteiger partial charge on any atom is 0.220 e. The highest BCUT2D eigenvalue weighted by Gasteiger charge is 2.59. The number of carbonyl (C=O) groups excluding carboxylic acids is 1. The molecule has 0 bridgehead atoms. The van der Waals surface area contributed by atoms with Crippen molar-refractivity contribution < 1.29 is 54.0 Å². The normalized spacial score (nSPS) is 37.2. The van der Waals surface area contributed by atoms with Crippen LogP contribution in [0.5, 0.6) is 0 Å². The maximum absolute atomic E-state index is 12.0. The van der Waals surface area contributed by atoms with E-state index in [4.69, 9.17) is 23.7 Å². The number of nitrogens with one attached hydrogen (secondary N) is 1. The Hall–Kier alpha value is -0.930. The van der Waals surface area contributed by atoms with E-state index < -0.39 is 68.0 Å². The quantitative estimate of drug-likeness (QED) is 0.103. The number of epoxide rings is 1. The Morgan fingerprint density at radius 3 is 2.11 bits per heavy atom. The number of unbranched alkanes of at least 4 members (excludes halogenated alkanes) is 7. The summed E-state index contributed by atoms with van der Waals surface area (Å²) in [7, 11) is 0. The summed E-state index contributed by atoms with van der Waals surface area (Å²) in [5, 5.41) is 53.4. The van der Waals surface area contributed by atoms with Crippen molar-refractivity contribution in [2.24, 2.45) is 0 Å². The Morgan fingerprint density at radius 2 is 1.43 bits per heavy atom. The number of fused-ring (bicyclic) bond motifs is 1. The van der Waals surface area contributed by atoms with E-state index in [1.807, 2.05) is 0 Å². The lowest BCUT2D eigenvalue weighted by atomic mass is 9.98. The summed E-state index contributed by atoms with van der Waals surface area (Å²) in [6.45, 7) is 1.54. The molecule has 0 aromatic heterocycles. The van der Waals surface area contributed by atoms with Crippen molar-refractivity contribution in [2.45, 2.75) is 126 Å². The zero-order valence-electron chi connectivity index (χ0n) is 21.7. The molecule has 0 aromatic carbocycles. The van der Waals surface area contributed by atoms with Crippen molar-refractivity contribution in [3.8, 4) is 0 Å². The number of aliphatic hydroxyl groups is 5. The van der Waals surface area contributed by atoms with E-state index in [2.05, 4.69) is 12.2 Å². The van der Waals surface area contributed by atoms with Crippen LogP contribution in [-0.2, 0) is 28.5 Å². The second-order valence-corrected chi connectivity index (χ2v) is 10.0. The van der Waals surface area contributed by atoms with Gasteiger partial charge in [0.15, 0.2) is 12.6 Å². The van der Waals surface area contributed by atoms with Crippen molar-refractivity contribution in [3.05, 3.63) is 0 Å². The molecule has 37 heavy (non-hydrogen) atoms. The number of aliphatic hydroxyl groups excluding tert-OH is 5. The predicted octanol–water partition coefficient (Wildman–Crippen LogP) is -0.680. The Morgan fingerprint density at radius 1 is 0.784 bits per heavy atom. The van der Waals surface area contributed by atoms with Crippen LogP contribution in [0.1, 0.15) is 64.7 Å². The fourth-order valence-corrected chi connectivity index (χ4v) is 4.84. The second kappa shape index (κ2) is 15.6. The highest BCUT2D eigenvalue weighted by molar-refractivity contribution is 5.75. The molecule has 0 aromatic rings. The summed E-state index contributed by atoms with van der Waals surface area (Å²) in [4.78, 5) is 12.0. The molecule has 0 radical (unpaired) electrons. The largest absolute Gasteiger partial charge is 0.394 e. The molecule has 3 aliphatic rings. The van der Waals surface area contributed by atoms with Gasteiger partial charge >= 0.3 is 0 Å². The molecule has 3 heterocycles. The van der Waals surface area contributed by atoms with Gasteiger partial charge in [0, 0.05) is 13.0 Å². The molecule has 10 atom stereocenters. The van der Waals surface area contributed by atoms with E-state index in [1.54, 1.807) is 0 Å². The van der Waals surface area contributed by atoms with Gasteiger partial charge in [0.1, 0.15) is 48.8 Å². The fraction of sp³-hybridized carbons (Fsp3) is 0.960. The van der Waals surface area contributed by atoms with Crippen LogP contribution in [0, 0.1) is 0 Å². The Kier molecular flexibility index (Phi) is 12.9. The highest BCUT2D eigenvalue weighted by atomic mass is 16.8. The van der Waals surface area contributed by atoms with Gasteiger partial charge in [0.2, 0.25) is 5.91 Å². The summed E-state index contributed by atoms with van der Waals surface area (Å²) < 4.78 is 27.6. The zero-order valence-corrected chi connectivity index (χ0v) is 21.7. The van der Waals surface area contributed by atoms with Crippen LogP contribution in [0.25, 0.3) is 0 Å². The molecule has 216 valence electrons. The number of carbonyl (C=O) groups is 1. The molecule has 6 N–H and O–H groups in total. The van der Waals surface area contributed by atoms with Crippen LogP contribution in [0.15, 0.2) is 0 Å². The first kappa shape index (κ1) is 30.6. The fourth-order valence-electron chi connectivity index (χ4n) is 4.84. The summed E-state index contributed by atoms with van der Waals surface area (Å²) in [5.41, 5.74) is 0. The number of rotatable bonds is 17. The van der Waals surface area contributed by atoms with Crippen molar-refractivity contribution in [3.63, 3.8) is 0 Å². The molecule has 0 spiro atoms. The monoisotopic (exact) mass is 535 g/mol. The van der Waals surface area contributed by atoms with Crippen LogP contribution in [0.2, 0.25) is 0 Å². The van der Waals surface area contributed by atoms with Gasteiger partial charge in [-0.05, 0) is 6.42 Å². The van der Waals surface area contributed by atoms with Gasteiger partial charge in [0.05, 0.1) is 19.8 Å². The second-order valence-electron chi connectivity index (χ2n) is 10.0. The molecule has 1 amide bonds. The van der Waals surface area contributed by atoms with Gasteiger partial charge in [-0.1, -0.05) is 51.9 Å². The zero-order chi connectivity index (χ0) is 26.8. The van der Waals surface area contributed by atoms with Gasteiger partial charge in [-0.2, -0.15) is 0 Å². The smallest absolute Gasteiger partial charge is 0.220 e. The molecule has 12 nitrogen and oxygen atoms in total. The number of ether oxygens (including phenoxy) is 5. The molecule has 0 aliphatic carbocycles. The lowest BCUT2D eigenvalue weighted by molar-refractivity contribution is -0.341. The molecule has 4 unspecified atom stereocenters. The summed E-state index contributed by atoms with van der Waals surface area (Å²) in [5.74, 6) is -0.0736. The lowest BCUT2D eigenvalue weighted by Crippen LogP contribution is -2.62. The average molecular weight is 536 g/mol. The standard InChI is InChI=1S/C25H45NO11/c1-2-3-4-5-6-7-8-9-10-17(29)26-11-12-33-24-19(31)18(30)21(15(13-27)34-24)37-25-20(32)23-22(36-23)16(14-28)35-25/h15-16,18-25,27-28,30-32H,2-14H2,1H3,(H,26,29)/t15?,16?,18-,19?,20?,21-,22-,23-,24-,25-/m0/s1. The predicted molar refractivity (Wildman–Crippen MR) is 129 cm³/mol. The van der Waals surface area contributed by atoms with Crippen LogP contribution in [0.3, 0.4) is 0 Å².